The lowest BCUT2D eigenvalue weighted by Crippen LogP contribution is -2.26. The third-order valence-electron chi connectivity index (χ3n) is 5.19. The number of aryl methyl sites for hydroxylation is 1. The largest absolute Gasteiger partial charge is 0.508 e. The van der Waals surface area contributed by atoms with Crippen molar-refractivity contribution in [1.82, 2.24) is 0 Å². The molecule has 3 atom stereocenters. The Labute approximate surface area is 133 Å². The average Bonchev–Trinajstić information content (AvgIpc) is 2.44. The van der Waals surface area contributed by atoms with Crippen LogP contribution in [0.4, 0.5) is 4.39 Å². The molecular formula is C19H29FO2. The Hall–Kier alpha value is -1.25. The van der Waals surface area contributed by atoms with Gasteiger partial charge in [-0.1, -0.05) is 27.2 Å². The standard InChI is InChI=1S/C19H29FO2/c1-12(2)15-7-6-13(3)9-16(15)19-17(21)10-14(5-4-8-20)11-18(19)22/h10-13,15-16,21-22H,4-9H2,1-3H3. The van der Waals surface area contributed by atoms with Crippen LogP contribution in [0.1, 0.15) is 63.5 Å². The number of hydrogen-bond donors (Lipinski definition) is 2. The Morgan fingerprint density at radius 3 is 2.36 bits per heavy atom. The van der Waals surface area contributed by atoms with E-state index in [-0.39, 0.29) is 24.1 Å². The van der Waals surface area contributed by atoms with Crippen LogP contribution < -0.4 is 0 Å². The lowest BCUT2D eigenvalue weighted by Gasteiger charge is -2.38. The lowest BCUT2D eigenvalue weighted by molar-refractivity contribution is 0.192. The maximum atomic E-state index is 12.3. The smallest absolute Gasteiger partial charge is 0.123 e. The number of hydrogen-bond acceptors (Lipinski definition) is 2. The van der Waals surface area contributed by atoms with Crippen LogP contribution in [0, 0.1) is 17.8 Å². The molecule has 2 rings (SSSR count). The van der Waals surface area contributed by atoms with Gasteiger partial charge in [0, 0.05) is 5.56 Å². The molecule has 1 aliphatic carbocycles. The summed E-state index contributed by atoms with van der Waals surface area (Å²) in [6.07, 6.45) is 4.34. The van der Waals surface area contributed by atoms with Crippen molar-refractivity contribution in [2.24, 2.45) is 17.8 Å². The van der Waals surface area contributed by atoms with Crippen LogP contribution in [0.3, 0.4) is 0 Å². The molecular weight excluding hydrogens is 279 g/mol. The van der Waals surface area contributed by atoms with Crippen LogP contribution in [0.15, 0.2) is 12.1 Å². The van der Waals surface area contributed by atoms with Crippen molar-refractivity contribution in [2.75, 3.05) is 6.67 Å². The van der Waals surface area contributed by atoms with Gasteiger partial charge in [-0.25, -0.2) is 0 Å². The second-order valence-electron chi connectivity index (χ2n) is 7.27. The van der Waals surface area contributed by atoms with E-state index in [1.807, 2.05) is 0 Å². The quantitative estimate of drug-likeness (QED) is 0.787. The molecule has 1 aromatic carbocycles. The Kier molecular flexibility index (Phi) is 5.71. The number of alkyl halides is 1. The van der Waals surface area contributed by atoms with Crippen molar-refractivity contribution < 1.29 is 14.6 Å². The maximum absolute atomic E-state index is 12.3. The first-order chi connectivity index (χ1) is 10.4. The Morgan fingerprint density at radius 2 is 1.82 bits per heavy atom. The highest BCUT2D eigenvalue weighted by molar-refractivity contribution is 5.49. The summed E-state index contributed by atoms with van der Waals surface area (Å²) in [7, 11) is 0. The van der Waals surface area contributed by atoms with E-state index < -0.39 is 0 Å². The highest BCUT2D eigenvalue weighted by atomic mass is 19.1. The molecule has 0 heterocycles. The van der Waals surface area contributed by atoms with E-state index in [4.69, 9.17) is 0 Å². The van der Waals surface area contributed by atoms with Crippen molar-refractivity contribution in [3.63, 3.8) is 0 Å². The number of halogens is 1. The molecule has 0 spiro atoms. The third kappa shape index (κ3) is 3.74. The summed E-state index contributed by atoms with van der Waals surface area (Å²) in [6.45, 7) is 6.31. The molecule has 1 aliphatic rings. The molecule has 2 N–H and O–H groups in total. The van der Waals surface area contributed by atoms with Crippen molar-refractivity contribution in [1.29, 1.82) is 0 Å². The first kappa shape index (κ1) is 17.1. The summed E-state index contributed by atoms with van der Waals surface area (Å²) in [4.78, 5) is 0. The summed E-state index contributed by atoms with van der Waals surface area (Å²) < 4.78 is 12.3. The van der Waals surface area contributed by atoms with Crippen LogP contribution in [0.5, 0.6) is 11.5 Å². The molecule has 0 amide bonds. The minimum atomic E-state index is -0.376. The number of aromatic hydroxyl groups is 2. The molecule has 124 valence electrons. The SMILES string of the molecule is CC1CCC(C(C)C)C(c2c(O)cc(CCCF)cc2O)C1. The van der Waals surface area contributed by atoms with Crippen LogP contribution in [-0.4, -0.2) is 16.9 Å². The van der Waals surface area contributed by atoms with E-state index >= 15 is 0 Å². The minimum Gasteiger partial charge on any atom is -0.508 e. The van der Waals surface area contributed by atoms with Gasteiger partial charge in [-0.3, -0.25) is 4.39 Å². The van der Waals surface area contributed by atoms with Gasteiger partial charge in [-0.2, -0.15) is 0 Å². The van der Waals surface area contributed by atoms with Crippen molar-refractivity contribution >= 4 is 0 Å². The molecule has 1 fully saturated rings. The minimum absolute atomic E-state index is 0.179. The molecule has 0 saturated heterocycles. The Balaban J connectivity index is 2.32. The van der Waals surface area contributed by atoms with Gasteiger partial charge in [0.15, 0.2) is 0 Å². The number of rotatable bonds is 5. The average molecular weight is 308 g/mol. The zero-order valence-corrected chi connectivity index (χ0v) is 14.0. The number of phenols is 2. The van der Waals surface area contributed by atoms with Crippen molar-refractivity contribution in [3.05, 3.63) is 23.3 Å². The van der Waals surface area contributed by atoms with E-state index in [2.05, 4.69) is 20.8 Å². The fourth-order valence-electron chi connectivity index (χ4n) is 4.01. The molecule has 1 saturated carbocycles. The van der Waals surface area contributed by atoms with Gasteiger partial charge in [-0.05, 0) is 67.1 Å². The molecule has 3 unspecified atom stereocenters. The van der Waals surface area contributed by atoms with Crippen LogP contribution >= 0.6 is 0 Å². The second kappa shape index (κ2) is 7.34. The van der Waals surface area contributed by atoms with Gasteiger partial charge in [0.25, 0.3) is 0 Å². The summed E-state index contributed by atoms with van der Waals surface area (Å²) >= 11 is 0. The van der Waals surface area contributed by atoms with Crippen LogP contribution in [0.25, 0.3) is 0 Å². The van der Waals surface area contributed by atoms with Gasteiger partial charge < -0.3 is 10.2 Å². The third-order valence-corrected chi connectivity index (χ3v) is 5.19. The monoisotopic (exact) mass is 308 g/mol. The molecule has 22 heavy (non-hydrogen) atoms. The molecule has 3 heteroatoms. The van der Waals surface area contributed by atoms with E-state index in [1.165, 1.54) is 6.42 Å². The predicted octanol–water partition coefficient (Wildman–Crippen LogP) is 5.18. The molecule has 1 aromatic rings. The molecule has 0 bridgehead atoms. The zero-order valence-electron chi connectivity index (χ0n) is 14.0. The van der Waals surface area contributed by atoms with Crippen LogP contribution in [0.2, 0.25) is 0 Å². The Morgan fingerprint density at radius 1 is 1.18 bits per heavy atom. The maximum Gasteiger partial charge on any atom is 0.123 e. The van der Waals surface area contributed by atoms with E-state index in [1.54, 1.807) is 12.1 Å². The Bertz CT molecular complexity index is 475. The fraction of sp³-hybridized carbons (Fsp3) is 0.684. The van der Waals surface area contributed by atoms with E-state index in [0.717, 1.165) is 18.4 Å². The van der Waals surface area contributed by atoms with Gasteiger partial charge in [0.1, 0.15) is 11.5 Å². The summed E-state index contributed by atoms with van der Waals surface area (Å²) in [5.41, 5.74) is 1.51. The molecule has 0 radical (unpaired) electrons. The van der Waals surface area contributed by atoms with E-state index in [0.29, 0.717) is 36.2 Å². The predicted molar refractivity (Wildman–Crippen MR) is 88.2 cm³/mol. The molecule has 0 aliphatic heterocycles. The van der Waals surface area contributed by atoms with Gasteiger partial charge in [-0.15, -0.1) is 0 Å². The zero-order chi connectivity index (χ0) is 16.3. The highest BCUT2D eigenvalue weighted by Crippen LogP contribution is 2.49. The summed E-state index contributed by atoms with van der Waals surface area (Å²) in [6, 6.07) is 3.42. The highest BCUT2D eigenvalue weighted by Gasteiger charge is 2.34. The van der Waals surface area contributed by atoms with Crippen LogP contribution in [-0.2, 0) is 6.42 Å². The lowest BCUT2D eigenvalue weighted by atomic mass is 9.67. The first-order valence-corrected chi connectivity index (χ1v) is 8.54. The van der Waals surface area contributed by atoms with Gasteiger partial charge in [0.05, 0.1) is 6.67 Å². The van der Waals surface area contributed by atoms with Gasteiger partial charge >= 0.3 is 0 Å². The van der Waals surface area contributed by atoms with Crippen molar-refractivity contribution in [2.45, 2.75) is 58.8 Å². The normalized spacial score (nSPS) is 25.6. The first-order valence-electron chi connectivity index (χ1n) is 8.54. The summed E-state index contributed by atoms with van der Waals surface area (Å²) in [5.74, 6) is 2.20. The van der Waals surface area contributed by atoms with E-state index in [9.17, 15) is 14.6 Å². The molecule has 0 aromatic heterocycles. The number of benzene rings is 1. The van der Waals surface area contributed by atoms with Gasteiger partial charge in [0.2, 0.25) is 0 Å². The summed E-state index contributed by atoms with van der Waals surface area (Å²) in [5, 5.41) is 20.9. The number of phenolic OH excluding ortho intramolecular Hbond substituents is 2. The molecule has 2 nitrogen and oxygen atoms in total. The topological polar surface area (TPSA) is 40.5 Å². The fourth-order valence-corrected chi connectivity index (χ4v) is 4.01. The second-order valence-corrected chi connectivity index (χ2v) is 7.27. The van der Waals surface area contributed by atoms with Crippen molar-refractivity contribution in [3.8, 4) is 11.5 Å².